The van der Waals surface area contributed by atoms with Gasteiger partial charge in [-0.2, -0.15) is 0 Å². The van der Waals surface area contributed by atoms with E-state index in [1.807, 2.05) is 0 Å². The minimum Gasteiger partial charge on any atom is -0.379 e. The van der Waals surface area contributed by atoms with E-state index in [0.717, 1.165) is 31.2 Å². The van der Waals surface area contributed by atoms with Crippen LogP contribution in [0.3, 0.4) is 0 Å². The van der Waals surface area contributed by atoms with Crippen LogP contribution in [-0.4, -0.2) is 16.5 Å². The summed E-state index contributed by atoms with van der Waals surface area (Å²) in [6.45, 7) is 0.957. The van der Waals surface area contributed by atoms with Crippen LogP contribution in [0.4, 0.5) is 14.5 Å². The Morgan fingerprint density at radius 2 is 1.87 bits per heavy atom. The topological polar surface area (TPSA) is 63.4 Å². The summed E-state index contributed by atoms with van der Waals surface area (Å²) in [4.78, 5) is 9.65. The van der Waals surface area contributed by atoms with E-state index < -0.39 is 16.9 Å². The molecule has 0 heterocycles. The number of nitro groups is 1. The average Bonchev–Trinajstić information content (AvgIpc) is 2.17. The first-order valence-electron chi connectivity index (χ1n) is 4.11. The second kappa shape index (κ2) is 3.90. The predicted octanol–water partition coefficient (Wildman–Crippen LogP) is 2.07. The summed E-state index contributed by atoms with van der Waals surface area (Å²) in [5.41, 5.74) is -2.54. The lowest BCUT2D eigenvalue weighted by Crippen LogP contribution is -2.30. The monoisotopic (exact) mass is 217 g/mol. The number of hydrogen-bond acceptors (Lipinski definition) is 3. The van der Waals surface area contributed by atoms with E-state index in [9.17, 15) is 24.0 Å². The Morgan fingerprint density at radius 3 is 2.20 bits per heavy atom. The van der Waals surface area contributed by atoms with Crippen molar-refractivity contribution in [2.75, 3.05) is 0 Å². The number of benzene rings is 1. The second-order valence-electron chi connectivity index (χ2n) is 3.25. The van der Waals surface area contributed by atoms with Crippen LogP contribution in [0.2, 0.25) is 0 Å². The van der Waals surface area contributed by atoms with Crippen LogP contribution in [-0.2, 0) is 5.60 Å². The lowest BCUT2D eigenvalue weighted by molar-refractivity contribution is -0.384. The summed E-state index contributed by atoms with van der Waals surface area (Å²) in [6, 6.07) is 4.38. The zero-order chi connectivity index (χ0) is 11.6. The van der Waals surface area contributed by atoms with Crippen molar-refractivity contribution in [1.29, 1.82) is 0 Å². The molecule has 15 heavy (non-hydrogen) atoms. The van der Waals surface area contributed by atoms with E-state index in [-0.39, 0.29) is 11.3 Å². The quantitative estimate of drug-likeness (QED) is 0.622. The van der Waals surface area contributed by atoms with Gasteiger partial charge in [0, 0.05) is 12.1 Å². The van der Waals surface area contributed by atoms with Gasteiger partial charge in [-0.05, 0) is 24.6 Å². The summed E-state index contributed by atoms with van der Waals surface area (Å²) in [7, 11) is 0. The van der Waals surface area contributed by atoms with Gasteiger partial charge < -0.3 is 5.11 Å². The Kier molecular flexibility index (Phi) is 2.99. The Morgan fingerprint density at radius 1 is 1.40 bits per heavy atom. The van der Waals surface area contributed by atoms with E-state index >= 15 is 0 Å². The van der Waals surface area contributed by atoms with Gasteiger partial charge in [0.1, 0.15) is 5.60 Å². The molecule has 1 N–H and O–H groups in total. The van der Waals surface area contributed by atoms with Crippen LogP contribution in [0, 0.1) is 10.1 Å². The van der Waals surface area contributed by atoms with Crippen molar-refractivity contribution < 1.29 is 18.8 Å². The lowest BCUT2D eigenvalue weighted by Gasteiger charge is -2.22. The van der Waals surface area contributed by atoms with Gasteiger partial charge in [-0.15, -0.1) is 0 Å². The van der Waals surface area contributed by atoms with Gasteiger partial charge in [0.25, 0.3) is 12.1 Å². The Hall–Kier alpha value is -1.56. The molecule has 1 aromatic rings. The van der Waals surface area contributed by atoms with Crippen molar-refractivity contribution in [3.63, 3.8) is 0 Å². The van der Waals surface area contributed by atoms with Gasteiger partial charge in [0.15, 0.2) is 0 Å². The first-order chi connectivity index (χ1) is 6.85. The summed E-state index contributed by atoms with van der Waals surface area (Å²) < 4.78 is 24.7. The summed E-state index contributed by atoms with van der Waals surface area (Å²) in [5, 5.41) is 19.7. The Labute approximate surface area is 84.3 Å². The van der Waals surface area contributed by atoms with E-state index in [0.29, 0.717) is 0 Å². The van der Waals surface area contributed by atoms with Gasteiger partial charge >= 0.3 is 0 Å². The fraction of sp³-hybridized carbons (Fsp3) is 0.333. The molecule has 4 nitrogen and oxygen atoms in total. The smallest absolute Gasteiger partial charge is 0.270 e. The highest BCUT2D eigenvalue weighted by atomic mass is 19.3. The molecule has 0 aliphatic carbocycles. The highest BCUT2D eigenvalue weighted by Crippen LogP contribution is 2.28. The van der Waals surface area contributed by atoms with E-state index in [2.05, 4.69) is 0 Å². The number of rotatable bonds is 3. The molecule has 0 spiro atoms. The summed E-state index contributed by atoms with van der Waals surface area (Å²) >= 11 is 0. The van der Waals surface area contributed by atoms with Crippen molar-refractivity contribution in [1.82, 2.24) is 0 Å². The zero-order valence-corrected chi connectivity index (χ0v) is 7.85. The lowest BCUT2D eigenvalue weighted by atomic mass is 9.96. The van der Waals surface area contributed by atoms with Crippen molar-refractivity contribution in [2.24, 2.45) is 0 Å². The van der Waals surface area contributed by atoms with Crippen molar-refractivity contribution in [3.05, 3.63) is 39.9 Å². The third kappa shape index (κ3) is 2.27. The number of nitro benzene ring substituents is 1. The largest absolute Gasteiger partial charge is 0.379 e. The van der Waals surface area contributed by atoms with Crippen LogP contribution in [0.15, 0.2) is 24.3 Å². The highest BCUT2D eigenvalue weighted by molar-refractivity contribution is 5.35. The minimum atomic E-state index is -2.95. The number of hydrogen-bond donors (Lipinski definition) is 1. The normalized spacial score (nSPS) is 15.0. The second-order valence-corrected chi connectivity index (χ2v) is 3.25. The Bertz CT molecular complexity index is 362. The fourth-order valence-electron chi connectivity index (χ4n) is 1.05. The van der Waals surface area contributed by atoms with Gasteiger partial charge in [-0.25, -0.2) is 8.78 Å². The molecule has 0 fully saturated rings. The molecule has 0 aromatic heterocycles. The van der Waals surface area contributed by atoms with E-state index in [1.165, 1.54) is 0 Å². The third-order valence-corrected chi connectivity index (χ3v) is 2.09. The maximum Gasteiger partial charge on any atom is 0.270 e. The first kappa shape index (κ1) is 11.5. The number of alkyl halides is 2. The fourth-order valence-corrected chi connectivity index (χ4v) is 1.05. The highest BCUT2D eigenvalue weighted by Gasteiger charge is 2.34. The SMILES string of the molecule is CC(O)(c1ccc([N+](=O)[O-])cc1)C(F)F. The molecule has 0 saturated heterocycles. The summed E-state index contributed by atoms with van der Waals surface area (Å²) in [6.07, 6.45) is -2.95. The molecule has 0 bridgehead atoms. The maximum atomic E-state index is 12.4. The Balaban J connectivity index is 3.04. The average molecular weight is 217 g/mol. The molecule has 1 atom stereocenters. The third-order valence-electron chi connectivity index (χ3n) is 2.09. The van der Waals surface area contributed by atoms with Gasteiger partial charge in [-0.1, -0.05) is 0 Å². The molecule has 6 heteroatoms. The zero-order valence-electron chi connectivity index (χ0n) is 7.85. The molecule has 0 aliphatic rings. The first-order valence-corrected chi connectivity index (χ1v) is 4.11. The molecule has 1 aromatic carbocycles. The van der Waals surface area contributed by atoms with Crippen LogP contribution >= 0.6 is 0 Å². The molecule has 1 unspecified atom stereocenters. The minimum absolute atomic E-state index is 0.0527. The molecule has 0 radical (unpaired) electrons. The molecule has 0 amide bonds. The number of non-ortho nitro benzene ring substituents is 1. The van der Waals surface area contributed by atoms with Crippen LogP contribution in [0.25, 0.3) is 0 Å². The molecule has 0 saturated carbocycles. The van der Waals surface area contributed by atoms with Gasteiger partial charge in [0.05, 0.1) is 4.92 Å². The van der Waals surface area contributed by atoms with Gasteiger partial charge in [0.2, 0.25) is 0 Å². The number of halogens is 2. The van der Waals surface area contributed by atoms with Crippen LogP contribution in [0.1, 0.15) is 12.5 Å². The van der Waals surface area contributed by atoms with Crippen LogP contribution < -0.4 is 0 Å². The van der Waals surface area contributed by atoms with Crippen molar-refractivity contribution >= 4 is 5.69 Å². The van der Waals surface area contributed by atoms with Gasteiger partial charge in [-0.3, -0.25) is 10.1 Å². The maximum absolute atomic E-state index is 12.4. The molecule has 0 aliphatic heterocycles. The molecule has 82 valence electrons. The summed E-state index contributed by atoms with van der Waals surface area (Å²) in [5.74, 6) is 0. The number of nitrogens with zero attached hydrogens (tertiary/aromatic N) is 1. The number of aliphatic hydroxyl groups is 1. The predicted molar refractivity (Wildman–Crippen MR) is 48.7 cm³/mol. The van der Waals surface area contributed by atoms with E-state index in [1.54, 1.807) is 0 Å². The molecule has 1 rings (SSSR count). The molecular weight excluding hydrogens is 208 g/mol. The van der Waals surface area contributed by atoms with Crippen molar-refractivity contribution in [3.8, 4) is 0 Å². The van der Waals surface area contributed by atoms with Crippen LogP contribution in [0.5, 0.6) is 0 Å². The standard InChI is InChI=1S/C9H9F2NO3/c1-9(13,8(10)11)6-2-4-7(5-3-6)12(14)15/h2-5,8,13H,1H3. The molecular formula is C9H9F2NO3. The van der Waals surface area contributed by atoms with E-state index in [4.69, 9.17) is 0 Å². The van der Waals surface area contributed by atoms with Crippen molar-refractivity contribution in [2.45, 2.75) is 19.0 Å².